The third-order valence-corrected chi connectivity index (χ3v) is 4.05. The Morgan fingerprint density at radius 1 is 1.50 bits per heavy atom. The molecular weight excluding hydrogens is 260 g/mol. The first-order valence-corrected chi connectivity index (χ1v) is 7.20. The highest BCUT2D eigenvalue weighted by Gasteiger charge is 2.32. The average molecular weight is 286 g/mol. The topological polar surface area (TPSA) is 70.1 Å². The highest BCUT2D eigenvalue weighted by molar-refractivity contribution is 5.76. The van der Waals surface area contributed by atoms with E-state index in [-0.39, 0.29) is 24.6 Å². The Morgan fingerprint density at radius 2 is 2.15 bits per heavy atom. The molecule has 0 aromatic rings. The zero-order valence-electron chi connectivity index (χ0n) is 12.8. The number of hydrogen-bond acceptors (Lipinski definition) is 3. The van der Waals surface area contributed by atoms with Crippen LogP contribution in [0.15, 0.2) is 0 Å². The van der Waals surface area contributed by atoms with Gasteiger partial charge in [-0.1, -0.05) is 6.92 Å². The largest absolute Gasteiger partial charge is 0.481 e. The zero-order valence-corrected chi connectivity index (χ0v) is 12.8. The molecule has 0 bridgehead atoms. The van der Waals surface area contributed by atoms with Crippen LogP contribution in [0.4, 0.5) is 4.79 Å². The normalized spacial score (nSPS) is 24.3. The molecule has 3 atom stereocenters. The number of likely N-dealkylation sites (tertiary alicyclic amines) is 1. The minimum Gasteiger partial charge on any atom is -0.481 e. The second-order valence-electron chi connectivity index (χ2n) is 5.50. The second kappa shape index (κ2) is 7.47. The van der Waals surface area contributed by atoms with Gasteiger partial charge in [-0.15, -0.1) is 0 Å². The van der Waals surface area contributed by atoms with Gasteiger partial charge in [0.2, 0.25) is 0 Å². The maximum atomic E-state index is 12.5. The number of hydrogen-bond donors (Lipinski definition) is 1. The molecule has 1 rings (SSSR count). The van der Waals surface area contributed by atoms with Gasteiger partial charge in [0.05, 0.1) is 12.5 Å². The summed E-state index contributed by atoms with van der Waals surface area (Å²) in [6.07, 6.45) is 0.938. The Kier molecular flexibility index (Phi) is 6.26. The molecule has 0 aliphatic carbocycles. The summed E-state index contributed by atoms with van der Waals surface area (Å²) in [5.74, 6) is -0.443. The number of piperidine rings is 1. The van der Waals surface area contributed by atoms with E-state index in [0.29, 0.717) is 25.6 Å². The number of nitrogens with zero attached hydrogens (tertiary/aromatic N) is 2. The molecule has 6 nitrogen and oxygen atoms in total. The molecular formula is C14H26N2O4. The van der Waals surface area contributed by atoms with Crippen molar-refractivity contribution >= 4 is 12.0 Å². The molecule has 6 heteroatoms. The summed E-state index contributed by atoms with van der Waals surface area (Å²) in [5, 5.41) is 8.86. The van der Waals surface area contributed by atoms with Crippen molar-refractivity contribution in [3.05, 3.63) is 0 Å². The minimum absolute atomic E-state index is 0.0302. The molecule has 1 saturated heterocycles. The molecule has 1 heterocycles. The number of carbonyl (C=O) groups excluding carboxylic acids is 1. The third kappa shape index (κ3) is 4.10. The van der Waals surface area contributed by atoms with Crippen molar-refractivity contribution in [2.45, 2.75) is 45.8 Å². The van der Waals surface area contributed by atoms with E-state index in [1.165, 1.54) is 0 Å². The first-order chi connectivity index (χ1) is 9.40. The molecule has 0 aromatic heterocycles. The van der Waals surface area contributed by atoms with Crippen LogP contribution in [0, 0.1) is 5.92 Å². The third-order valence-electron chi connectivity index (χ3n) is 4.05. The first kappa shape index (κ1) is 16.8. The predicted octanol–water partition coefficient (Wildman–Crippen LogP) is 1.65. The summed E-state index contributed by atoms with van der Waals surface area (Å²) in [6.45, 7) is 7.56. The predicted molar refractivity (Wildman–Crippen MR) is 75.6 cm³/mol. The van der Waals surface area contributed by atoms with Gasteiger partial charge < -0.3 is 19.6 Å². The molecule has 2 amide bonds. The maximum absolute atomic E-state index is 12.5. The van der Waals surface area contributed by atoms with Gasteiger partial charge in [0.25, 0.3) is 0 Å². The standard InChI is InChI=1S/C14H26N2O4/c1-5-16(11(3)8-13(17)18)14(19)15-7-6-10(2)12(9-15)20-4/h10-12H,5-9H2,1-4H3,(H,17,18). The van der Waals surface area contributed by atoms with E-state index in [1.807, 2.05) is 6.92 Å². The van der Waals surface area contributed by atoms with Crippen molar-refractivity contribution in [1.29, 1.82) is 0 Å². The van der Waals surface area contributed by atoms with E-state index in [9.17, 15) is 9.59 Å². The van der Waals surface area contributed by atoms with Crippen molar-refractivity contribution in [1.82, 2.24) is 9.80 Å². The number of aliphatic carboxylic acids is 1. The molecule has 0 spiro atoms. The van der Waals surface area contributed by atoms with Crippen LogP contribution < -0.4 is 0 Å². The van der Waals surface area contributed by atoms with Gasteiger partial charge in [-0.25, -0.2) is 4.79 Å². The van der Waals surface area contributed by atoms with Crippen molar-refractivity contribution in [2.24, 2.45) is 5.92 Å². The smallest absolute Gasteiger partial charge is 0.320 e. The number of carbonyl (C=O) groups is 2. The van der Waals surface area contributed by atoms with Gasteiger partial charge in [0, 0.05) is 32.8 Å². The summed E-state index contributed by atoms with van der Waals surface area (Å²) in [7, 11) is 1.67. The van der Waals surface area contributed by atoms with E-state index < -0.39 is 5.97 Å². The average Bonchev–Trinajstić information content (AvgIpc) is 2.39. The molecule has 1 N–H and O–H groups in total. The number of ether oxygens (including phenoxy) is 1. The fraction of sp³-hybridized carbons (Fsp3) is 0.857. The number of urea groups is 1. The Morgan fingerprint density at radius 3 is 2.65 bits per heavy atom. The fourth-order valence-electron chi connectivity index (χ4n) is 2.69. The van der Waals surface area contributed by atoms with E-state index in [1.54, 1.807) is 23.8 Å². The number of carboxylic acids is 1. The van der Waals surface area contributed by atoms with Crippen LogP contribution in [-0.4, -0.2) is 65.8 Å². The molecule has 1 aliphatic heterocycles. The summed E-state index contributed by atoms with van der Waals surface area (Å²) in [4.78, 5) is 26.7. The number of methoxy groups -OCH3 is 1. The summed E-state index contributed by atoms with van der Waals surface area (Å²) < 4.78 is 5.42. The zero-order chi connectivity index (χ0) is 15.3. The van der Waals surface area contributed by atoms with Crippen molar-refractivity contribution < 1.29 is 19.4 Å². The van der Waals surface area contributed by atoms with Crippen molar-refractivity contribution in [3.8, 4) is 0 Å². The molecule has 1 aliphatic rings. The quantitative estimate of drug-likeness (QED) is 0.834. The second-order valence-corrected chi connectivity index (χ2v) is 5.50. The molecule has 3 unspecified atom stereocenters. The van der Waals surface area contributed by atoms with Gasteiger partial charge in [0.1, 0.15) is 0 Å². The highest BCUT2D eigenvalue weighted by atomic mass is 16.5. The van der Waals surface area contributed by atoms with Gasteiger partial charge in [-0.3, -0.25) is 4.79 Å². The van der Waals surface area contributed by atoms with Crippen LogP contribution in [0.5, 0.6) is 0 Å². The maximum Gasteiger partial charge on any atom is 0.320 e. The molecule has 116 valence electrons. The SMILES string of the molecule is CCN(C(=O)N1CCC(C)C(OC)C1)C(C)CC(=O)O. The van der Waals surface area contributed by atoms with Gasteiger partial charge in [-0.2, -0.15) is 0 Å². The van der Waals surface area contributed by atoms with E-state index in [4.69, 9.17) is 9.84 Å². The summed E-state index contributed by atoms with van der Waals surface area (Å²) in [5.41, 5.74) is 0. The highest BCUT2D eigenvalue weighted by Crippen LogP contribution is 2.21. The van der Waals surface area contributed by atoms with Gasteiger partial charge in [-0.05, 0) is 26.2 Å². The molecule has 1 fully saturated rings. The first-order valence-electron chi connectivity index (χ1n) is 7.20. The van der Waals surface area contributed by atoms with E-state index in [0.717, 1.165) is 6.42 Å². The van der Waals surface area contributed by atoms with Crippen LogP contribution in [-0.2, 0) is 9.53 Å². The summed E-state index contributed by atoms with van der Waals surface area (Å²) in [6, 6.07) is -0.388. The van der Waals surface area contributed by atoms with Crippen molar-refractivity contribution in [3.63, 3.8) is 0 Å². The lowest BCUT2D eigenvalue weighted by atomic mass is 9.96. The van der Waals surface area contributed by atoms with E-state index in [2.05, 4.69) is 6.92 Å². The Bertz CT molecular complexity index is 348. The lowest BCUT2D eigenvalue weighted by molar-refractivity contribution is -0.138. The van der Waals surface area contributed by atoms with Crippen molar-refractivity contribution in [2.75, 3.05) is 26.7 Å². The molecule has 20 heavy (non-hydrogen) atoms. The Hall–Kier alpha value is -1.30. The van der Waals surface area contributed by atoms with Crippen LogP contribution in [0.2, 0.25) is 0 Å². The Balaban J connectivity index is 2.68. The molecule has 0 aromatic carbocycles. The fourth-order valence-corrected chi connectivity index (χ4v) is 2.69. The van der Waals surface area contributed by atoms with Gasteiger partial charge >= 0.3 is 12.0 Å². The van der Waals surface area contributed by atoms with Crippen LogP contribution >= 0.6 is 0 Å². The minimum atomic E-state index is -0.884. The Labute approximate surface area is 120 Å². The number of amides is 2. The monoisotopic (exact) mass is 286 g/mol. The van der Waals surface area contributed by atoms with Crippen LogP contribution in [0.3, 0.4) is 0 Å². The van der Waals surface area contributed by atoms with Crippen LogP contribution in [0.25, 0.3) is 0 Å². The van der Waals surface area contributed by atoms with Crippen LogP contribution in [0.1, 0.15) is 33.6 Å². The number of rotatable bonds is 5. The molecule has 0 radical (unpaired) electrons. The van der Waals surface area contributed by atoms with E-state index >= 15 is 0 Å². The number of carboxylic acid groups (broad SMARTS) is 1. The summed E-state index contributed by atoms with van der Waals surface area (Å²) >= 11 is 0. The molecule has 0 saturated carbocycles. The van der Waals surface area contributed by atoms with Gasteiger partial charge in [0.15, 0.2) is 0 Å². The lowest BCUT2D eigenvalue weighted by Crippen LogP contribution is -2.53. The lowest BCUT2D eigenvalue weighted by Gasteiger charge is -2.40.